The molecule has 1 aromatic heterocycles. The van der Waals surface area contributed by atoms with Crippen molar-refractivity contribution in [1.29, 1.82) is 0 Å². The van der Waals surface area contributed by atoms with E-state index in [0.29, 0.717) is 42.6 Å². The van der Waals surface area contributed by atoms with Gasteiger partial charge in [-0.2, -0.15) is 0 Å². The van der Waals surface area contributed by atoms with E-state index >= 15 is 0 Å². The Labute approximate surface area is 191 Å². The minimum atomic E-state index is -0.476. The van der Waals surface area contributed by atoms with Crippen LogP contribution in [0.1, 0.15) is 16.2 Å². The van der Waals surface area contributed by atoms with Crippen molar-refractivity contribution in [2.45, 2.75) is 6.92 Å². The van der Waals surface area contributed by atoms with Crippen LogP contribution in [0, 0.1) is 17.0 Å². The van der Waals surface area contributed by atoms with Crippen LogP contribution in [0.3, 0.4) is 0 Å². The van der Waals surface area contributed by atoms with Crippen molar-refractivity contribution < 1.29 is 9.72 Å². The van der Waals surface area contributed by atoms with E-state index < -0.39 is 4.92 Å². The molecule has 1 amide bonds. The van der Waals surface area contributed by atoms with Crippen molar-refractivity contribution in [3.8, 4) is 5.69 Å². The monoisotopic (exact) mass is 504 g/mol. The lowest BCUT2D eigenvalue weighted by atomic mass is 10.2. The Kier molecular flexibility index (Phi) is 5.92. The van der Waals surface area contributed by atoms with Crippen molar-refractivity contribution in [3.63, 3.8) is 0 Å². The fraction of sp³-hybridized carbons (Fsp3) is 0.250. The number of hydrogen-bond acceptors (Lipinski definition) is 6. The number of anilines is 1. The highest BCUT2D eigenvalue weighted by Crippen LogP contribution is 2.30. The van der Waals surface area contributed by atoms with Crippen LogP contribution in [-0.4, -0.2) is 56.9 Å². The van der Waals surface area contributed by atoms with Gasteiger partial charge < -0.3 is 9.80 Å². The van der Waals surface area contributed by atoms with E-state index in [2.05, 4.69) is 26.2 Å². The summed E-state index contributed by atoms with van der Waals surface area (Å²) in [6.07, 6.45) is 0. The molecule has 0 unspecified atom stereocenters. The van der Waals surface area contributed by atoms with E-state index in [4.69, 9.17) is 11.6 Å². The van der Waals surface area contributed by atoms with Gasteiger partial charge in [0.15, 0.2) is 5.69 Å². The first kappa shape index (κ1) is 21.3. The first-order valence-corrected chi connectivity index (χ1v) is 10.7. The smallest absolute Gasteiger partial charge is 0.276 e. The number of benzene rings is 2. The second-order valence-corrected chi connectivity index (χ2v) is 8.32. The molecule has 0 bridgehead atoms. The number of halogens is 2. The maximum atomic E-state index is 13.1. The number of nitrogens with zero attached hydrogens (tertiary/aromatic N) is 6. The highest BCUT2D eigenvalue weighted by atomic mass is 79.9. The van der Waals surface area contributed by atoms with Gasteiger partial charge in [0.25, 0.3) is 11.6 Å². The average molecular weight is 506 g/mol. The molecule has 11 heteroatoms. The van der Waals surface area contributed by atoms with Crippen LogP contribution in [0.25, 0.3) is 5.69 Å². The summed E-state index contributed by atoms with van der Waals surface area (Å²) < 4.78 is 2.50. The molecule has 2 aromatic carbocycles. The van der Waals surface area contributed by atoms with Crippen molar-refractivity contribution in [2.24, 2.45) is 0 Å². The molecule has 160 valence electrons. The van der Waals surface area contributed by atoms with Gasteiger partial charge in [-0.15, -0.1) is 5.10 Å². The zero-order chi connectivity index (χ0) is 22.1. The van der Waals surface area contributed by atoms with Gasteiger partial charge in [0, 0.05) is 42.8 Å². The quantitative estimate of drug-likeness (QED) is 0.394. The van der Waals surface area contributed by atoms with E-state index in [1.165, 1.54) is 12.1 Å². The summed E-state index contributed by atoms with van der Waals surface area (Å²) in [7, 11) is 0. The predicted octanol–water partition coefficient (Wildman–Crippen LogP) is 3.86. The van der Waals surface area contributed by atoms with Gasteiger partial charge in [-0.25, -0.2) is 4.68 Å². The van der Waals surface area contributed by atoms with E-state index in [1.54, 1.807) is 15.6 Å². The fourth-order valence-corrected chi connectivity index (χ4v) is 4.29. The lowest BCUT2D eigenvalue weighted by molar-refractivity contribution is -0.384. The maximum absolute atomic E-state index is 13.1. The highest BCUT2D eigenvalue weighted by Gasteiger charge is 2.27. The number of hydrogen-bond donors (Lipinski definition) is 0. The molecular weight excluding hydrogens is 488 g/mol. The Morgan fingerprint density at radius 3 is 2.48 bits per heavy atom. The number of rotatable bonds is 4. The van der Waals surface area contributed by atoms with Crippen molar-refractivity contribution in [3.05, 3.63) is 73.5 Å². The van der Waals surface area contributed by atoms with Crippen LogP contribution in [0.4, 0.5) is 11.4 Å². The fourth-order valence-electron chi connectivity index (χ4n) is 3.55. The van der Waals surface area contributed by atoms with Gasteiger partial charge in [0.1, 0.15) is 0 Å². The third-order valence-electron chi connectivity index (χ3n) is 5.23. The maximum Gasteiger partial charge on any atom is 0.276 e. The normalized spacial score (nSPS) is 14.0. The average Bonchev–Trinajstić information content (AvgIpc) is 3.14. The second kappa shape index (κ2) is 8.64. The summed E-state index contributed by atoms with van der Waals surface area (Å²) in [5, 5.41) is 19.5. The van der Waals surface area contributed by atoms with Gasteiger partial charge >= 0.3 is 0 Å². The second-order valence-electron chi connectivity index (χ2n) is 7.06. The summed E-state index contributed by atoms with van der Waals surface area (Å²) in [5.74, 6) is -0.176. The molecule has 0 aliphatic carbocycles. The molecule has 31 heavy (non-hydrogen) atoms. The highest BCUT2D eigenvalue weighted by molar-refractivity contribution is 9.10. The Morgan fingerprint density at radius 1 is 1.13 bits per heavy atom. The van der Waals surface area contributed by atoms with Crippen molar-refractivity contribution in [1.82, 2.24) is 19.9 Å². The van der Waals surface area contributed by atoms with Crippen LogP contribution in [-0.2, 0) is 0 Å². The molecule has 0 N–H and O–H groups in total. The molecule has 0 radical (unpaired) electrons. The molecular formula is C20H18BrClN6O3. The zero-order valence-corrected chi connectivity index (χ0v) is 18.9. The molecule has 9 nitrogen and oxygen atoms in total. The van der Waals surface area contributed by atoms with E-state index in [1.807, 2.05) is 36.1 Å². The van der Waals surface area contributed by atoms with Crippen LogP contribution in [0.15, 0.2) is 46.9 Å². The third-order valence-corrected chi connectivity index (χ3v) is 6.20. The number of amides is 1. The molecule has 0 spiro atoms. The van der Waals surface area contributed by atoms with Gasteiger partial charge in [-0.3, -0.25) is 14.9 Å². The number of nitro groups is 1. The van der Waals surface area contributed by atoms with E-state index in [-0.39, 0.29) is 11.6 Å². The third kappa shape index (κ3) is 4.13. The zero-order valence-electron chi connectivity index (χ0n) is 16.5. The predicted molar refractivity (Wildman–Crippen MR) is 120 cm³/mol. The molecule has 1 aliphatic rings. The molecule has 3 aromatic rings. The molecule has 4 rings (SSSR count). The molecule has 2 heterocycles. The molecule has 1 fully saturated rings. The topological polar surface area (TPSA) is 97.4 Å². The summed E-state index contributed by atoms with van der Waals surface area (Å²) in [6.45, 7) is 3.89. The molecule has 0 saturated carbocycles. The van der Waals surface area contributed by atoms with Crippen molar-refractivity contribution >= 4 is 44.8 Å². The number of carbonyl (C=O) groups excluding carboxylic acids is 1. The number of para-hydroxylation sites is 1. The molecule has 1 saturated heterocycles. The van der Waals surface area contributed by atoms with Crippen LogP contribution < -0.4 is 4.90 Å². The van der Waals surface area contributed by atoms with Gasteiger partial charge in [0.2, 0.25) is 0 Å². The number of nitro benzene ring substituents is 1. The van der Waals surface area contributed by atoms with Crippen LogP contribution in [0.5, 0.6) is 0 Å². The largest absolute Gasteiger partial charge is 0.367 e. The number of piperazine rings is 1. The molecule has 1 aliphatic heterocycles. The standard InChI is InChI=1S/C20H18BrClN6O3/c1-13-19(23-24-27(13)17-5-3-2-4-15(17)21)20(29)26-10-8-25(9-11-26)18-7-6-14(28(30)31)12-16(18)22/h2-7,12H,8-11H2,1H3. The Bertz CT molecular complexity index is 1160. The summed E-state index contributed by atoms with van der Waals surface area (Å²) in [5.41, 5.74) is 2.46. The minimum Gasteiger partial charge on any atom is -0.367 e. The Hall–Kier alpha value is -2.98. The number of aromatic nitrogens is 3. The SMILES string of the molecule is Cc1c(C(=O)N2CCN(c3ccc([N+](=O)[O-])cc3Cl)CC2)nnn1-c1ccccc1Br. The first-order chi connectivity index (χ1) is 14.9. The minimum absolute atomic E-state index is 0.0498. The van der Waals surface area contributed by atoms with Crippen LogP contribution >= 0.6 is 27.5 Å². The van der Waals surface area contributed by atoms with Crippen molar-refractivity contribution in [2.75, 3.05) is 31.1 Å². The summed E-state index contributed by atoms with van der Waals surface area (Å²) in [4.78, 5) is 27.2. The summed E-state index contributed by atoms with van der Waals surface area (Å²) in [6, 6.07) is 12.0. The summed E-state index contributed by atoms with van der Waals surface area (Å²) >= 11 is 9.74. The van der Waals surface area contributed by atoms with Gasteiger partial charge in [0.05, 0.1) is 27.0 Å². The number of non-ortho nitro benzene ring substituents is 1. The Balaban J connectivity index is 1.47. The lowest BCUT2D eigenvalue weighted by Crippen LogP contribution is -2.49. The van der Waals surface area contributed by atoms with Crippen LogP contribution in [0.2, 0.25) is 5.02 Å². The first-order valence-electron chi connectivity index (χ1n) is 9.52. The number of carbonyl (C=O) groups is 1. The van der Waals surface area contributed by atoms with E-state index in [0.717, 1.165) is 15.8 Å². The van der Waals surface area contributed by atoms with Gasteiger partial charge in [-0.05, 0) is 41.1 Å². The van der Waals surface area contributed by atoms with E-state index in [9.17, 15) is 14.9 Å². The molecule has 0 atom stereocenters. The Morgan fingerprint density at radius 2 is 1.84 bits per heavy atom. The lowest BCUT2D eigenvalue weighted by Gasteiger charge is -2.36. The van der Waals surface area contributed by atoms with Gasteiger partial charge in [-0.1, -0.05) is 28.9 Å².